The van der Waals surface area contributed by atoms with Gasteiger partial charge in [0.05, 0.1) is 0 Å². The van der Waals surface area contributed by atoms with Gasteiger partial charge < -0.3 is 4.42 Å². The summed E-state index contributed by atoms with van der Waals surface area (Å²) < 4.78 is 6.42. The molecule has 240 valence electrons. The van der Waals surface area contributed by atoms with Crippen LogP contribution in [0.2, 0.25) is 0 Å². The van der Waals surface area contributed by atoms with Crippen molar-refractivity contribution < 1.29 is 4.42 Å². The Labute approximate surface area is 292 Å². The number of furan rings is 1. The van der Waals surface area contributed by atoms with E-state index in [1.54, 1.807) is 0 Å². The lowest BCUT2D eigenvalue weighted by Crippen LogP contribution is -2.20. The average Bonchev–Trinajstić information content (AvgIpc) is 3.66. The van der Waals surface area contributed by atoms with Crippen molar-refractivity contribution in [2.24, 2.45) is 0 Å². The van der Waals surface area contributed by atoms with Gasteiger partial charge in [0.15, 0.2) is 0 Å². The normalized spacial score (nSPS) is 15.4. The Morgan fingerprint density at radius 3 is 1.78 bits per heavy atom. The molecule has 0 aliphatic heterocycles. The van der Waals surface area contributed by atoms with E-state index in [0.29, 0.717) is 0 Å². The van der Waals surface area contributed by atoms with Crippen LogP contribution < -0.4 is 0 Å². The molecule has 0 spiro atoms. The van der Waals surface area contributed by atoms with Crippen molar-refractivity contribution >= 4 is 54.3 Å². The van der Waals surface area contributed by atoms with Gasteiger partial charge in [-0.25, -0.2) is 0 Å². The fourth-order valence-electron chi connectivity index (χ4n) is 9.32. The number of para-hydroxylation sites is 1. The Morgan fingerprint density at radius 2 is 1.04 bits per heavy atom. The number of hydrogen-bond acceptors (Lipinski definition) is 1. The quantitative estimate of drug-likeness (QED) is 0.130. The second-order valence-electron chi connectivity index (χ2n) is 14.3. The van der Waals surface area contributed by atoms with Crippen LogP contribution in [0.3, 0.4) is 0 Å². The maximum atomic E-state index is 6.42. The molecule has 0 saturated heterocycles. The molecule has 50 heavy (non-hydrogen) atoms. The molecule has 1 aliphatic rings. The smallest absolute Gasteiger partial charge is 0.136 e. The van der Waals surface area contributed by atoms with Crippen LogP contribution in [0.4, 0.5) is 0 Å². The summed E-state index contributed by atoms with van der Waals surface area (Å²) >= 11 is 0. The summed E-state index contributed by atoms with van der Waals surface area (Å²) in [5, 5.41) is 10.0. The fraction of sp³-hybridized carbons (Fsp3) is 0.143. The second kappa shape index (κ2) is 11.2. The maximum absolute atomic E-state index is 6.42. The Balaban J connectivity index is 1.38. The zero-order valence-corrected chi connectivity index (χ0v) is 28.6. The Bertz CT molecular complexity index is 2740. The number of rotatable bonds is 6. The molecule has 0 radical (unpaired) electrons. The molecule has 10 rings (SSSR count). The van der Waals surface area contributed by atoms with Crippen LogP contribution in [0.15, 0.2) is 150 Å². The van der Waals surface area contributed by atoms with E-state index in [4.69, 9.17) is 4.42 Å². The molecule has 1 heteroatoms. The number of unbranched alkanes of at least 4 members (excludes halogenated alkanes) is 2. The predicted octanol–water partition coefficient (Wildman–Crippen LogP) is 14.2. The van der Waals surface area contributed by atoms with E-state index in [-0.39, 0.29) is 5.41 Å². The van der Waals surface area contributed by atoms with Crippen LogP contribution in [0.1, 0.15) is 50.7 Å². The maximum Gasteiger partial charge on any atom is 0.136 e. The zero-order chi connectivity index (χ0) is 33.4. The van der Waals surface area contributed by atoms with Crippen molar-refractivity contribution in [2.45, 2.75) is 44.9 Å². The summed E-state index contributed by atoms with van der Waals surface area (Å²) in [7, 11) is 0. The molecule has 9 aromatic rings. The van der Waals surface area contributed by atoms with Gasteiger partial charge in [0.2, 0.25) is 0 Å². The molecular formula is C49H38O. The van der Waals surface area contributed by atoms with E-state index in [2.05, 4.69) is 159 Å². The highest BCUT2D eigenvalue weighted by Gasteiger charge is 2.41. The molecule has 0 fully saturated rings. The van der Waals surface area contributed by atoms with Gasteiger partial charge in [0.25, 0.3) is 0 Å². The molecule has 1 unspecified atom stereocenters. The molecule has 0 amide bonds. The number of fused-ring (bicyclic) bond motifs is 9. The van der Waals surface area contributed by atoms with Crippen LogP contribution in [-0.4, -0.2) is 0 Å². The Kier molecular flexibility index (Phi) is 6.55. The molecule has 1 heterocycles. The van der Waals surface area contributed by atoms with E-state index < -0.39 is 0 Å². The van der Waals surface area contributed by atoms with E-state index in [9.17, 15) is 0 Å². The minimum atomic E-state index is -0.0522. The summed E-state index contributed by atoms with van der Waals surface area (Å²) in [6.45, 7) is 4.81. The van der Waals surface area contributed by atoms with Gasteiger partial charge in [-0.1, -0.05) is 161 Å². The van der Waals surface area contributed by atoms with Crippen molar-refractivity contribution in [3.05, 3.63) is 157 Å². The summed E-state index contributed by atoms with van der Waals surface area (Å²) in [6.07, 6.45) is 4.84. The summed E-state index contributed by atoms with van der Waals surface area (Å²) in [5.41, 5.74) is 12.7. The highest BCUT2D eigenvalue weighted by Crippen LogP contribution is 2.58. The van der Waals surface area contributed by atoms with Crippen LogP contribution in [0, 0.1) is 0 Å². The largest absolute Gasteiger partial charge is 0.456 e. The van der Waals surface area contributed by atoms with Gasteiger partial charge in [-0.2, -0.15) is 0 Å². The lowest BCUT2D eigenvalue weighted by molar-refractivity contribution is 0.494. The number of benzene rings is 8. The number of hydrogen-bond donors (Lipinski definition) is 0. The standard InChI is InChI=1S/C49H38O/c1-3-4-15-29-49(2)40-26-13-11-23-37(40)47-41(49)30-31-17-5-6-18-32(31)48(47)46-35-21-9-7-19-33(35)44(34-20-8-10-22-36(34)46)39-25-16-28-43-45(39)38-24-12-14-27-42(38)50-43/h5-14,16-28,30H,3-4,15,29H2,1-2H3. The van der Waals surface area contributed by atoms with Gasteiger partial charge in [-0.05, 0) is 101 Å². The Hall–Kier alpha value is -5.66. The fourth-order valence-corrected chi connectivity index (χ4v) is 9.32. The third kappa shape index (κ3) is 4.07. The van der Waals surface area contributed by atoms with Crippen LogP contribution in [0.25, 0.3) is 87.6 Å². The van der Waals surface area contributed by atoms with Crippen LogP contribution >= 0.6 is 0 Å². The molecular weight excluding hydrogens is 605 g/mol. The van der Waals surface area contributed by atoms with Crippen molar-refractivity contribution in [3.8, 4) is 33.4 Å². The highest BCUT2D eigenvalue weighted by atomic mass is 16.3. The molecule has 0 saturated carbocycles. The predicted molar refractivity (Wildman–Crippen MR) is 213 cm³/mol. The Morgan fingerprint density at radius 1 is 0.460 bits per heavy atom. The van der Waals surface area contributed by atoms with E-state index in [1.807, 2.05) is 0 Å². The first-order chi connectivity index (χ1) is 24.7. The SMILES string of the molecule is CCCCCC1(C)c2ccccc2-c2c1cc1ccccc1c2-c1c2ccccc2c(-c2cccc3oc4ccccc4c23)c2ccccc12. The van der Waals surface area contributed by atoms with Crippen molar-refractivity contribution in [1.29, 1.82) is 0 Å². The first kappa shape index (κ1) is 29.3. The monoisotopic (exact) mass is 642 g/mol. The molecule has 1 aromatic heterocycles. The zero-order valence-electron chi connectivity index (χ0n) is 28.6. The molecule has 8 aromatic carbocycles. The highest BCUT2D eigenvalue weighted by molar-refractivity contribution is 6.28. The molecule has 1 aliphatic carbocycles. The third-order valence-electron chi connectivity index (χ3n) is 11.6. The lowest BCUT2D eigenvalue weighted by Gasteiger charge is -2.28. The van der Waals surface area contributed by atoms with E-state index in [1.165, 1.54) is 101 Å². The second-order valence-corrected chi connectivity index (χ2v) is 14.3. The molecule has 1 atom stereocenters. The van der Waals surface area contributed by atoms with E-state index in [0.717, 1.165) is 23.0 Å². The van der Waals surface area contributed by atoms with Crippen molar-refractivity contribution in [3.63, 3.8) is 0 Å². The minimum Gasteiger partial charge on any atom is -0.456 e. The first-order valence-corrected chi connectivity index (χ1v) is 18.2. The van der Waals surface area contributed by atoms with Crippen LogP contribution in [0.5, 0.6) is 0 Å². The molecule has 0 N–H and O–H groups in total. The topological polar surface area (TPSA) is 13.1 Å². The van der Waals surface area contributed by atoms with Gasteiger partial charge in [-0.3, -0.25) is 0 Å². The first-order valence-electron chi connectivity index (χ1n) is 18.2. The van der Waals surface area contributed by atoms with Crippen molar-refractivity contribution in [2.75, 3.05) is 0 Å². The third-order valence-corrected chi connectivity index (χ3v) is 11.6. The summed E-state index contributed by atoms with van der Waals surface area (Å²) in [4.78, 5) is 0. The minimum absolute atomic E-state index is 0.0522. The lowest BCUT2D eigenvalue weighted by atomic mass is 9.74. The van der Waals surface area contributed by atoms with Crippen molar-refractivity contribution in [1.82, 2.24) is 0 Å². The summed E-state index contributed by atoms with van der Waals surface area (Å²) in [6, 6.07) is 54.0. The van der Waals surface area contributed by atoms with Gasteiger partial charge >= 0.3 is 0 Å². The van der Waals surface area contributed by atoms with E-state index >= 15 is 0 Å². The molecule has 0 bridgehead atoms. The van der Waals surface area contributed by atoms with Gasteiger partial charge in [-0.15, -0.1) is 0 Å². The summed E-state index contributed by atoms with van der Waals surface area (Å²) in [5.74, 6) is 0. The van der Waals surface area contributed by atoms with Gasteiger partial charge in [0, 0.05) is 16.2 Å². The van der Waals surface area contributed by atoms with Gasteiger partial charge in [0.1, 0.15) is 11.2 Å². The van der Waals surface area contributed by atoms with Crippen LogP contribution in [-0.2, 0) is 5.41 Å². The molecule has 1 nitrogen and oxygen atoms in total. The average molecular weight is 643 g/mol.